The summed E-state index contributed by atoms with van der Waals surface area (Å²) in [5.74, 6) is -0.214. The smallest absolute Gasteiger partial charge is 0.274 e. The Bertz CT molecular complexity index is 928. The van der Waals surface area contributed by atoms with E-state index >= 15 is 0 Å². The Morgan fingerprint density at radius 3 is 2.54 bits per heavy atom. The molecule has 1 aromatic carbocycles. The maximum absolute atomic E-state index is 12.6. The molecule has 1 aliphatic heterocycles. The van der Waals surface area contributed by atoms with E-state index in [4.69, 9.17) is 5.11 Å². The highest BCUT2D eigenvalue weighted by atomic mass is 16.3. The molecular formula is C22H26N4O2. The van der Waals surface area contributed by atoms with E-state index in [1.165, 1.54) is 12.8 Å². The number of para-hydroxylation sites is 1. The molecule has 3 aromatic rings. The number of aromatic nitrogens is 2. The average molecular weight is 378 g/mol. The van der Waals surface area contributed by atoms with Gasteiger partial charge in [-0.2, -0.15) is 0 Å². The fraction of sp³-hybridized carbons (Fsp3) is 0.318. The van der Waals surface area contributed by atoms with Gasteiger partial charge in [-0.05, 0) is 51.0 Å². The van der Waals surface area contributed by atoms with Crippen LogP contribution >= 0.6 is 0 Å². The zero-order valence-electron chi connectivity index (χ0n) is 16.3. The Balaban J connectivity index is 0.000000516. The van der Waals surface area contributed by atoms with E-state index in [1.54, 1.807) is 26.2 Å². The van der Waals surface area contributed by atoms with Crippen LogP contribution in [0.25, 0.3) is 10.9 Å². The minimum atomic E-state index is -0.214. The van der Waals surface area contributed by atoms with E-state index in [9.17, 15) is 4.79 Å². The van der Waals surface area contributed by atoms with Gasteiger partial charge in [0.1, 0.15) is 5.69 Å². The van der Waals surface area contributed by atoms with Crippen LogP contribution in [0.5, 0.6) is 0 Å². The summed E-state index contributed by atoms with van der Waals surface area (Å²) >= 11 is 0. The Labute approximate surface area is 165 Å². The van der Waals surface area contributed by atoms with Crippen molar-refractivity contribution >= 4 is 28.2 Å². The summed E-state index contributed by atoms with van der Waals surface area (Å²) in [6.07, 6.45) is 5.66. The molecule has 1 fully saturated rings. The molecular weight excluding hydrogens is 352 g/mol. The van der Waals surface area contributed by atoms with Gasteiger partial charge in [0.25, 0.3) is 5.91 Å². The summed E-state index contributed by atoms with van der Waals surface area (Å²) in [4.78, 5) is 23.5. The number of carbonyl (C=O) groups is 1. The lowest BCUT2D eigenvalue weighted by molar-refractivity contribution is 0.102. The van der Waals surface area contributed by atoms with Crippen LogP contribution in [0.15, 0.2) is 54.9 Å². The van der Waals surface area contributed by atoms with E-state index < -0.39 is 0 Å². The third-order valence-electron chi connectivity index (χ3n) is 4.33. The highest BCUT2D eigenvalue weighted by molar-refractivity contribution is 6.07. The Morgan fingerprint density at radius 1 is 1.07 bits per heavy atom. The molecule has 3 heterocycles. The largest absolute Gasteiger partial charge is 0.394 e. The number of amides is 1. The third kappa shape index (κ3) is 5.04. The quantitative estimate of drug-likeness (QED) is 0.723. The number of carbonyl (C=O) groups excluding carboxylic acids is 1. The molecule has 0 spiro atoms. The first kappa shape index (κ1) is 19.8. The second-order valence-corrected chi connectivity index (χ2v) is 7.02. The second kappa shape index (κ2) is 9.28. The van der Waals surface area contributed by atoms with Gasteiger partial charge in [-0.25, -0.2) is 0 Å². The van der Waals surface area contributed by atoms with Crippen molar-refractivity contribution in [3.8, 4) is 0 Å². The van der Waals surface area contributed by atoms with E-state index in [-0.39, 0.29) is 12.0 Å². The van der Waals surface area contributed by atoms with Crippen molar-refractivity contribution in [2.45, 2.75) is 32.8 Å². The fourth-order valence-electron chi connectivity index (χ4n) is 3.11. The number of nitrogens with zero attached hydrogens (tertiary/aromatic N) is 3. The summed E-state index contributed by atoms with van der Waals surface area (Å²) in [5.41, 5.74) is 2.96. The minimum absolute atomic E-state index is 0.167. The van der Waals surface area contributed by atoms with Gasteiger partial charge in [0, 0.05) is 42.7 Å². The van der Waals surface area contributed by atoms with E-state index in [0.29, 0.717) is 11.4 Å². The topological polar surface area (TPSA) is 78.3 Å². The molecule has 0 saturated carbocycles. The van der Waals surface area contributed by atoms with E-state index in [1.807, 2.05) is 42.5 Å². The molecule has 1 aliphatic rings. The van der Waals surface area contributed by atoms with Crippen LogP contribution in [0.2, 0.25) is 0 Å². The zero-order chi connectivity index (χ0) is 19.9. The summed E-state index contributed by atoms with van der Waals surface area (Å²) in [6.45, 7) is 5.52. The lowest BCUT2D eigenvalue weighted by Gasteiger charge is -2.17. The van der Waals surface area contributed by atoms with Crippen LogP contribution in [0.4, 0.5) is 11.4 Å². The van der Waals surface area contributed by atoms with Crippen LogP contribution in [-0.2, 0) is 0 Å². The first-order chi connectivity index (χ1) is 13.5. The molecule has 0 radical (unpaired) electrons. The molecule has 6 nitrogen and oxygen atoms in total. The Kier molecular flexibility index (Phi) is 6.55. The average Bonchev–Trinajstić information content (AvgIpc) is 3.23. The normalized spacial score (nSPS) is 13.4. The van der Waals surface area contributed by atoms with Crippen LogP contribution in [0.1, 0.15) is 37.2 Å². The van der Waals surface area contributed by atoms with Gasteiger partial charge in [0.2, 0.25) is 0 Å². The summed E-state index contributed by atoms with van der Waals surface area (Å²) < 4.78 is 0. The number of hydrogen-bond acceptors (Lipinski definition) is 5. The fourth-order valence-corrected chi connectivity index (χ4v) is 3.11. The molecule has 4 rings (SSSR count). The van der Waals surface area contributed by atoms with Crippen LogP contribution in [0.3, 0.4) is 0 Å². The summed E-state index contributed by atoms with van der Waals surface area (Å²) in [5, 5.41) is 12.0. The van der Waals surface area contributed by atoms with E-state index in [2.05, 4.69) is 20.2 Å². The van der Waals surface area contributed by atoms with Gasteiger partial charge in [-0.15, -0.1) is 0 Å². The summed E-state index contributed by atoms with van der Waals surface area (Å²) in [7, 11) is 0. The molecule has 146 valence electrons. The second-order valence-electron chi connectivity index (χ2n) is 7.02. The summed E-state index contributed by atoms with van der Waals surface area (Å²) in [6, 6.07) is 13.4. The number of benzene rings is 1. The van der Waals surface area contributed by atoms with Crippen LogP contribution < -0.4 is 10.2 Å². The SMILES string of the molecule is CC(C)O.O=C(Nc1cccc2cccnc12)c1cc(N2CCCC2)ccn1. The number of aliphatic hydroxyl groups is 1. The molecule has 6 heteroatoms. The number of pyridine rings is 2. The van der Waals surface area contributed by atoms with Crippen molar-refractivity contribution in [2.24, 2.45) is 0 Å². The van der Waals surface area contributed by atoms with Gasteiger partial charge in [-0.3, -0.25) is 14.8 Å². The standard InChI is InChI=1S/C19H18N4O.C3H8O/c24-19(17-13-15(8-10-20-17)23-11-1-2-12-23)22-16-7-3-5-14-6-4-9-21-18(14)16;1-3(2)4/h3-10,13H,1-2,11-12H2,(H,22,24);3-4H,1-2H3. The molecule has 0 atom stereocenters. The number of hydrogen-bond donors (Lipinski definition) is 2. The first-order valence-corrected chi connectivity index (χ1v) is 9.59. The number of aliphatic hydroxyl groups excluding tert-OH is 1. The van der Waals surface area contributed by atoms with Gasteiger partial charge in [-0.1, -0.05) is 18.2 Å². The number of fused-ring (bicyclic) bond motifs is 1. The molecule has 1 amide bonds. The maximum Gasteiger partial charge on any atom is 0.274 e. The molecule has 0 aliphatic carbocycles. The van der Waals surface area contributed by atoms with Crippen molar-refractivity contribution in [3.05, 3.63) is 60.6 Å². The lowest BCUT2D eigenvalue weighted by Crippen LogP contribution is -2.19. The number of rotatable bonds is 3. The van der Waals surface area contributed by atoms with Crippen molar-refractivity contribution in [2.75, 3.05) is 23.3 Å². The highest BCUT2D eigenvalue weighted by Gasteiger charge is 2.15. The monoisotopic (exact) mass is 378 g/mol. The predicted octanol–water partition coefficient (Wildman–Crippen LogP) is 3.87. The molecule has 2 N–H and O–H groups in total. The van der Waals surface area contributed by atoms with Crippen LogP contribution in [0, 0.1) is 0 Å². The first-order valence-electron chi connectivity index (χ1n) is 9.59. The maximum atomic E-state index is 12.6. The Morgan fingerprint density at radius 2 is 1.79 bits per heavy atom. The number of nitrogens with one attached hydrogen (secondary N) is 1. The van der Waals surface area contributed by atoms with Crippen molar-refractivity contribution in [1.82, 2.24) is 9.97 Å². The van der Waals surface area contributed by atoms with Crippen molar-refractivity contribution < 1.29 is 9.90 Å². The molecule has 0 bridgehead atoms. The van der Waals surface area contributed by atoms with Crippen molar-refractivity contribution in [3.63, 3.8) is 0 Å². The van der Waals surface area contributed by atoms with Gasteiger partial charge < -0.3 is 15.3 Å². The molecule has 1 saturated heterocycles. The van der Waals surface area contributed by atoms with Crippen molar-refractivity contribution in [1.29, 1.82) is 0 Å². The molecule has 0 unspecified atom stereocenters. The Hall–Kier alpha value is -2.99. The number of anilines is 2. The van der Waals surface area contributed by atoms with Crippen LogP contribution in [-0.4, -0.2) is 40.2 Å². The highest BCUT2D eigenvalue weighted by Crippen LogP contribution is 2.23. The van der Waals surface area contributed by atoms with Gasteiger partial charge in [0.05, 0.1) is 11.2 Å². The zero-order valence-corrected chi connectivity index (χ0v) is 16.3. The lowest BCUT2D eigenvalue weighted by atomic mass is 10.2. The predicted molar refractivity (Wildman–Crippen MR) is 113 cm³/mol. The third-order valence-corrected chi connectivity index (χ3v) is 4.33. The molecule has 2 aromatic heterocycles. The van der Waals surface area contributed by atoms with Gasteiger partial charge in [0.15, 0.2) is 0 Å². The van der Waals surface area contributed by atoms with E-state index in [0.717, 1.165) is 29.7 Å². The minimum Gasteiger partial charge on any atom is -0.394 e. The molecule has 28 heavy (non-hydrogen) atoms. The van der Waals surface area contributed by atoms with Gasteiger partial charge >= 0.3 is 0 Å².